The Kier molecular flexibility index (Phi) is 6.05. The Morgan fingerprint density at radius 1 is 1.15 bits per heavy atom. The largest absolute Gasteiger partial charge is 0.385 e. The van der Waals surface area contributed by atoms with E-state index >= 15 is 0 Å². The molecule has 4 nitrogen and oxygen atoms in total. The number of hydrogen-bond acceptors (Lipinski definition) is 3. The van der Waals surface area contributed by atoms with Crippen molar-refractivity contribution in [2.24, 2.45) is 0 Å². The summed E-state index contributed by atoms with van der Waals surface area (Å²) in [6.45, 7) is 4.05. The molecule has 0 atom stereocenters. The highest BCUT2D eigenvalue weighted by atomic mass is 16.5. The van der Waals surface area contributed by atoms with Crippen LogP contribution in [0.3, 0.4) is 0 Å². The molecule has 2 aromatic rings. The quantitative estimate of drug-likeness (QED) is 0.714. The highest BCUT2D eigenvalue weighted by molar-refractivity contribution is 5.83. The molecule has 0 fully saturated rings. The van der Waals surface area contributed by atoms with E-state index in [1.807, 2.05) is 7.05 Å². The second-order valence-electron chi connectivity index (χ2n) is 4.85. The van der Waals surface area contributed by atoms with Crippen molar-refractivity contribution in [2.75, 3.05) is 34.0 Å². The average Bonchev–Trinajstić information content (AvgIpc) is 2.87. The number of aromatic nitrogens is 1. The molecule has 0 amide bonds. The summed E-state index contributed by atoms with van der Waals surface area (Å²) in [5.41, 5.74) is 2.61. The Hall–Kier alpha value is -1.36. The Bertz CT molecular complexity index is 522. The number of nitrogens with one attached hydrogen (secondary N) is 1. The van der Waals surface area contributed by atoms with Gasteiger partial charge in [0.2, 0.25) is 0 Å². The fourth-order valence-corrected chi connectivity index (χ4v) is 2.40. The molecule has 1 aromatic carbocycles. The van der Waals surface area contributed by atoms with Gasteiger partial charge in [-0.05, 0) is 31.2 Å². The zero-order valence-corrected chi connectivity index (χ0v) is 12.4. The van der Waals surface area contributed by atoms with Gasteiger partial charge in [-0.25, -0.2) is 0 Å². The number of methoxy groups -OCH3 is 1. The van der Waals surface area contributed by atoms with Crippen LogP contribution in [0.25, 0.3) is 10.9 Å². The predicted molar refractivity (Wildman–Crippen MR) is 82.0 cm³/mol. The van der Waals surface area contributed by atoms with Crippen LogP contribution in [0.1, 0.15) is 12.0 Å². The predicted octanol–water partition coefficient (Wildman–Crippen LogP) is 2.41. The minimum absolute atomic E-state index is 0.740. The van der Waals surface area contributed by atoms with Crippen LogP contribution in [0, 0.1) is 0 Å². The van der Waals surface area contributed by atoms with Crippen LogP contribution >= 0.6 is 0 Å². The Balaban J connectivity index is 1.92. The molecular weight excluding hydrogens is 252 g/mol. The van der Waals surface area contributed by atoms with Crippen LogP contribution in [0.5, 0.6) is 0 Å². The third-order valence-corrected chi connectivity index (χ3v) is 3.38. The molecule has 0 radical (unpaired) electrons. The lowest BCUT2D eigenvalue weighted by molar-refractivity contribution is 0.0982. The molecular formula is C16H24N2O2. The molecule has 1 heterocycles. The maximum Gasteiger partial charge on any atom is 0.0645 e. The summed E-state index contributed by atoms with van der Waals surface area (Å²) < 4.78 is 12.9. The van der Waals surface area contributed by atoms with Gasteiger partial charge in [-0.2, -0.15) is 0 Å². The SMILES string of the molecule is CNCc1cccc2c1ccn2CCOCCCOC. The van der Waals surface area contributed by atoms with E-state index in [4.69, 9.17) is 9.47 Å². The normalized spacial score (nSPS) is 11.3. The van der Waals surface area contributed by atoms with Crippen molar-refractivity contribution in [3.05, 3.63) is 36.0 Å². The van der Waals surface area contributed by atoms with Crippen LogP contribution in [0.2, 0.25) is 0 Å². The fraction of sp³-hybridized carbons (Fsp3) is 0.500. The smallest absolute Gasteiger partial charge is 0.0645 e. The molecule has 0 bridgehead atoms. The average molecular weight is 276 g/mol. The van der Waals surface area contributed by atoms with Gasteiger partial charge in [0, 0.05) is 50.5 Å². The van der Waals surface area contributed by atoms with Crippen molar-refractivity contribution < 1.29 is 9.47 Å². The van der Waals surface area contributed by atoms with Gasteiger partial charge in [0.1, 0.15) is 0 Å². The zero-order chi connectivity index (χ0) is 14.2. The number of hydrogen-bond donors (Lipinski definition) is 1. The van der Waals surface area contributed by atoms with Gasteiger partial charge in [0.15, 0.2) is 0 Å². The summed E-state index contributed by atoms with van der Waals surface area (Å²) in [5.74, 6) is 0. The molecule has 0 saturated heterocycles. The van der Waals surface area contributed by atoms with Crippen LogP contribution < -0.4 is 5.32 Å². The van der Waals surface area contributed by atoms with E-state index in [0.29, 0.717) is 0 Å². The van der Waals surface area contributed by atoms with Gasteiger partial charge in [-0.15, -0.1) is 0 Å². The molecule has 4 heteroatoms. The lowest BCUT2D eigenvalue weighted by atomic mass is 10.1. The highest BCUT2D eigenvalue weighted by Crippen LogP contribution is 2.20. The minimum atomic E-state index is 0.740. The van der Waals surface area contributed by atoms with Crippen LogP contribution in [-0.4, -0.2) is 38.5 Å². The maximum absolute atomic E-state index is 5.62. The van der Waals surface area contributed by atoms with Gasteiger partial charge < -0.3 is 19.4 Å². The van der Waals surface area contributed by atoms with Crippen LogP contribution in [-0.2, 0) is 22.6 Å². The van der Waals surface area contributed by atoms with E-state index in [9.17, 15) is 0 Å². The monoisotopic (exact) mass is 276 g/mol. The number of nitrogens with zero attached hydrogens (tertiary/aromatic N) is 1. The number of rotatable bonds is 9. The zero-order valence-electron chi connectivity index (χ0n) is 12.4. The third kappa shape index (κ3) is 3.82. The van der Waals surface area contributed by atoms with Crippen molar-refractivity contribution >= 4 is 10.9 Å². The molecule has 0 saturated carbocycles. The molecule has 1 aromatic heterocycles. The summed E-state index contributed by atoms with van der Waals surface area (Å²) in [6.07, 6.45) is 3.09. The first kappa shape index (κ1) is 15.0. The summed E-state index contributed by atoms with van der Waals surface area (Å²) in [4.78, 5) is 0. The van der Waals surface area contributed by atoms with E-state index in [2.05, 4.69) is 40.3 Å². The second kappa shape index (κ2) is 8.04. The molecule has 0 aliphatic carbocycles. The lowest BCUT2D eigenvalue weighted by Crippen LogP contribution is -2.07. The molecule has 0 aliphatic heterocycles. The summed E-state index contributed by atoms with van der Waals surface area (Å²) in [7, 11) is 3.69. The molecule has 1 N–H and O–H groups in total. The van der Waals surface area contributed by atoms with Crippen LogP contribution in [0.4, 0.5) is 0 Å². The summed E-state index contributed by atoms with van der Waals surface area (Å²) in [6, 6.07) is 8.64. The first-order valence-electron chi connectivity index (χ1n) is 7.15. The Morgan fingerprint density at radius 3 is 2.85 bits per heavy atom. The van der Waals surface area contributed by atoms with Crippen molar-refractivity contribution in [3.63, 3.8) is 0 Å². The Morgan fingerprint density at radius 2 is 2.05 bits per heavy atom. The van der Waals surface area contributed by atoms with Crippen molar-refractivity contribution in [2.45, 2.75) is 19.5 Å². The Labute approximate surface area is 120 Å². The first-order chi connectivity index (χ1) is 9.86. The number of fused-ring (bicyclic) bond motifs is 1. The van der Waals surface area contributed by atoms with Gasteiger partial charge in [0.25, 0.3) is 0 Å². The molecule has 0 unspecified atom stereocenters. The third-order valence-electron chi connectivity index (χ3n) is 3.38. The number of ether oxygens (including phenoxy) is 2. The van der Waals surface area contributed by atoms with E-state index in [-0.39, 0.29) is 0 Å². The van der Waals surface area contributed by atoms with Gasteiger partial charge in [-0.3, -0.25) is 0 Å². The van der Waals surface area contributed by atoms with E-state index in [1.165, 1.54) is 16.5 Å². The van der Waals surface area contributed by atoms with Crippen molar-refractivity contribution in [1.29, 1.82) is 0 Å². The molecule has 110 valence electrons. The van der Waals surface area contributed by atoms with Crippen LogP contribution in [0.15, 0.2) is 30.5 Å². The molecule has 20 heavy (non-hydrogen) atoms. The standard InChI is InChI=1S/C16H24N2O2/c1-17-13-14-5-3-6-16-15(14)7-8-18(16)9-12-20-11-4-10-19-2/h3,5-8,17H,4,9-13H2,1-2H3. The van der Waals surface area contributed by atoms with E-state index in [0.717, 1.165) is 39.3 Å². The minimum Gasteiger partial charge on any atom is -0.385 e. The van der Waals surface area contributed by atoms with Crippen molar-refractivity contribution in [1.82, 2.24) is 9.88 Å². The van der Waals surface area contributed by atoms with E-state index < -0.39 is 0 Å². The van der Waals surface area contributed by atoms with Gasteiger partial charge in [0.05, 0.1) is 6.61 Å². The lowest BCUT2D eigenvalue weighted by Gasteiger charge is -2.08. The second-order valence-corrected chi connectivity index (χ2v) is 4.85. The highest BCUT2D eigenvalue weighted by Gasteiger charge is 2.04. The maximum atomic E-state index is 5.62. The fourth-order valence-electron chi connectivity index (χ4n) is 2.40. The summed E-state index contributed by atoms with van der Waals surface area (Å²) in [5, 5.41) is 4.53. The molecule has 0 aliphatic rings. The topological polar surface area (TPSA) is 35.4 Å². The van der Waals surface area contributed by atoms with Gasteiger partial charge >= 0.3 is 0 Å². The first-order valence-corrected chi connectivity index (χ1v) is 7.15. The van der Waals surface area contributed by atoms with E-state index in [1.54, 1.807) is 7.11 Å². The molecule has 2 rings (SSSR count). The van der Waals surface area contributed by atoms with Gasteiger partial charge in [-0.1, -0.05) is 12.1 Å². The summed E-state index contributed by atoms with van der Waals surface area (Å²) >= 11 is 0. The number of benzene rings is 1. The molecule has 0 spiro atoms. The van der Waals surface area contributed by atoms with Crippen molar-refractivity contribution in [3.8, 4) is 0 Å².